The van der Waals surface area contributed by atoms with Gasteiger partial charge in [0.05, 0.1) is 6.42 Å². The van der Waals surface area contributed by atoms with E-state index < -0.39 is 20.0 Å². The largest absolute Gasteiger partial charge is 0.368 e. The molecule has 4 nitrogen and oxygen atoms in total. The number of nitrogens with one attached hydrogen (secondary N) is 1. The Balaban J connectivity index is 2.03. The Labute approximate surface area is 168 Å². The van der Waals surface area contributed by atoms with E-state index in [1.807, 2.05) is 42.5 Å². The summed E-state index contributed by atoms with van der Waals surface area (Å²) in [5.41, 5.74) is 9.73. The zero-order valence-corrected chi connectivity index (χ0v) is 18.4. The molecule has 0 aliphatic carbocycles. The van der Waals surface area contributed by atoms with Crippen molar-refractivity contribution < 1.29 is 9.59 Å². The van der Waals surface area contributed by atoms with Crippen LogP contribution in [-0.2, 0) is 16.0 Å². The standard InChI is InChI=1S/C23H30N2O2Si/c1-23(2,3)28(4,5)14-8-11-20(22(24)27)25-21(26)16-17-12-13-18-9-6-7-10-19(18)15-17/h6-7,9-10,12-13,15,20H,11,16H2,1-5H3,(H2,24,27)(H,25,26)/t20-/m1/s1. The molecule has 2 rings (SSSR count). The second-order valence-corrected chi connectivity index (χ2v) is 13.8. The molecule has 5 heteroatoms. The molecule has 0 heterocycles. The Hall–Kier alpha value is -2.58. The van der Waals surface area contributed by atoms with Gasteiger partial charge < -0.3 is 11.1 Å². The van der Waals surface area contributed by atoms with E-state index in [2.05, 4.69) is 50.6 Å². The Morgan fingerprint density at radius 1 is 1.11 bits per heavy atom. The summed E-state index contributed by atoms with van der Waals surface area (Å²) in [4.78, 5) is 24.2. The van der Waals surface area contributed by atoms with Gasteiger partial charge in [0.1, 0.15) is 14.1 Å². The van der Waals surface area contributed by atoms with E-state index in [1.165, 1.54) is 0 Å². The molecule has 1 atom stereocenters. The van der Waals surface area contributed by atoms with Crippen LogP contribution in [0, 0.1) is 11.5 Å². The zero-order valence-electron chi connectivity index (χ0n) is 17.4. The number of amides is 2. The van der Waals surface area contributed by atoms with Crippen LogP contribution in [0.2, 0.25) is 18.1 Å². The van der Waals surface area contributed by atoms with Crippen molar-refractivity contribution in [2.24, 2.45) is 5.73 Å². The molecule has 0 aliphatic rings. The van der Waals surface area contributed by atoms with Crippen molar-refractivity contribution in [3.8, 4) is 11.5 Å². The molecule has 0 fully saturated rings. The molecular formula is C23H30N2O2Si. The van der Waals surface area contributed by atoms with Crippen molar-refractivity contribution >= 4 is 30.7 Å². The van der Waals surface area contributed by atoms with Gasteiger partial charge in [0.25, 0.3) is 0 Å². The van der Waals surface area contributed by atoms with E-state index >= 15 is 0 Å². The molecule has 0 saturated heterocycles. The van der Waals surface area contributed by atoms with Crippen molar-refractivity contribution in [1.82, 2.24) is 5.32 Å². The van der Waals surface area contributed by atoms with Gasteiger partial charge in [-0.15, -0.1) is 11.5 Å². The minimum Gasteiger partial charge on any atom is -0.368 e. The maximum absolute atomic E-state index is 12.4. The van der Waals surface area contributed by atoms with Gasteiger partial charge in [-0.25, -0.2) is 0 Å². The van der Waals surface area contributed by atoms with Gasteiger partial charge in [0, 0.05) is 6.42 Å². The highest BCUT2D eigenvalue weighted by Crippen LogP contribution is 2.35. The van der Waals surface area contributed by atoms with Crippen LogP contribution in [0.15, 0.2) is 42.5 Å². The van der Waals surface area contributed by atoms with E-state index in [0.717, 1.165) is 16.3 Å². The smallest absolute Gasteiger partial charge is 0.240 e. The van der Waals surface area contributed by atoms with Crippen molar-refractivity contribution in [3.63, 3.8) is 0 Å². The van der Waals surface area contributed by atoms with Crippen LogP contribution in [0.4, 0.5) is 0 Å². The molecule has 0 aliphatic heterocycles. The van der Waals surface area contributed by atoms with Gasteiger partial charge in [-0.3, -0.25) is 9.59 Å². The second kappa shape index (κ2) is 8.62. The number of hydrogen-bond acceptors (Lipinski definition) is 2. The summed E-state index contributed by atoms with van der Waals surface area (Å²) < 4.78 is 0. The van der Waals surface area contributed by atoms with Crippen LogP contribution in [0.3, 0.4) is 0 Å². The van der Waals surface area contributed by atoms with Crippen LogP contribution in [-0.4, -0.2) is 25.9 Å². The molecule has 3 N–H and O–H groups in total. The van der Waals surface area contributed by atoms with Crippen molar-refractivity contribution in [3.05, 3.63) is 48.0 Å². The molecule has 0 bridgehead atoms. The van der Waals surface area contributed by atoms with E-state index in [0.29, 0.717) is 0 Å². The van der Waals surface area contributed by atoms with E-state index in [4.69, 9.17) is 5.73 Å². The number of primary amides is 1. The number of hydrogen-bond donors (Lipinski definition) is 2. The predicted octanol–water partition coefficient (Wildman–Crippen LogP) is 3.79. The first-order valence-electron chi connectivity index (χ1n) is 9.56. The quantitative estimate of drug-likeness (QED) is 0.598. The molecule has 148 valence electrons. The molecule has 2 aromatic carbocycles. The third kappa shape index (κ3) is 5.70. The third-order valence-corrected chi connectivity index (χ3v) is 9.99. The summed E-state index contributed by atoms with van der Waals surface area (Å²) in [7, 11) is -1.76. The molecule has 0 radical (unpaired) electrons. The van der Waals surface area contributed by atoms with Gasteiger partial charge in [-0.2, -0.15) is 0 Å². The highest BCUT2D eigenvalue weighted by Gasteiger charge is 2.33. The molecule has 28 heavy (non-hydrogen) atoms. The lowest BCUT2D eigenvalue weighted by atomic mass is 10.0. The molecule has 2 aromatic rings. The normalized spacial score (nSPS) is 12.8. The predicted molar refractivity (Wildman–Crippen MR) is 118 cm³/mol. The fourth-order valence-electron chi connectivity index (χ4n) is 2.56. The monoisotopic (exact) mass is 394 g/mol. The summed E-state index contributed by atoms with van der Waals surface area (Å²) in [5.74, 6) is 2.32. The number of carbonyl (C=O) groups is 2. The maximum Gasteiger partial charge on any atom is 0.240 e. The highest BCUT2D eigenvalue weighted by atomic mass is 28.3. The number of rotatable bonds is 5. The maximum atomic E-state index is 12.4. The molecule has 0 unspecified atom stereocenters. The van der Waals surface area contributed by atoms with Gasteiger partial charge >= 0.3 is 0 Å². The SMILES string of the molecule is CC(C)(C)[Si](C)(C)C#CC[C@@H](NC(=O)Cc1ccc2ccccc2c1)C(N)=O. The van der Waals surface area contributed by atoms with Crippen LogP contribution in [0.25, 0.3) is 10.8 Å². The fraction of sp³-hybridized carbons (Fsp3) is 0.391. The van der Waals surface area contributed by atoms with Crippen LogP contribution >= 0.6 is 0 Å². The number of benzene rings is 2. The third-order valence-electron chi connectivity index (χ3n) is 5.44. The van der Waals surface area contributed by atoms with E-state index in [9.17, 15) is 9.59 Å². The lowest BCUT2D eigenvalue weighted by Crippen LogP contribution is -2.45. The first kappa shape index (κ1) is 21.7. The lowest BCUT2D eigenvalue weighted by Gasteiger charge is -2.31. The van der Waals surface area contributed by atoms with Gasteiger partial charge in [0.2, 0.25) is 11.8 Å². The molecule has 0 saturated carbocycles. The summed E-state index contributed by atoms with van der Waals surface area (Å²) in [6, 6.07) is 13.1. The Morgan fingerprint density at radius 2 is 1.75 bits per heavy atom. The average Bonchev–Trinajstić information content (AvgIpc) is 2.59. The summed E-state index contributed by atoms with van der Waals surface area (Å²) >= 11 is 0. The van der Waals surface area contributed by atoms with Crippen molar-refractivity contribution in [2.45, 2.75) is 57.8 Å². The van der Waals surface area contributed by atoms with Gasteiger partial charge in [-0.1, -0.05) is 76.3 Å². The Bertz CT molecular complexity index is 933. The van der Waals surface area contributed by atoms with Crippen molar-refractivity contribution in [2.75, 3.05) is 0 Å². The fourth-order valence-corrected chi connectivity index (χ4v) is 3.48. The average molecular weight is 395 g/mol. The first-order chi connectivity index (χ1) is 13.0. The minimum atomic E-state index is -1.76. The Kier molecular flexibility index (Phi) is 6.68. The summed E-state index contributed by atoms with van der Waals surface area (Å²) in [5, 5.41) is 5.09. The topological polar surface area (TPSA) is 72.2 Å². The zero-order chi connectivity index (χ0) is 20.9. The number of fused-ring (bicyclic) bond motifs is 1. The summed E-state index contributed by atoms with van der Waals surface area (Å²) in [6.45, 7) is 11.0. The Morgan fingerprint density at radius 3 is 2.36 bits per heavy atom. The van der Waals surface area contributed by atoms with Crippen molar-refractivity contribution in [1.29, 1.82) is 0 Å². The van der Waals surface area contributed by atoms with E-state index in [-0.39, 0.29) is 23.8 Å². The van der Waals surface area contributed by atoms with Crippen LogP contribution < -0.4 is 11.1 Å². The second-order valence-electron chi connectivity index (χ2n) is 8.76. The highest BCUT2D eigenvalue weighted by molar-refractivity contribution is 6.87. The molecule has 0 spiro atoms. The number of nitrogens with two attached hydrogens (primary N) is 1. The molecular weight excluding hydrogens is 364 g/mol. The molecule has 2 amide bonds. The van der Waals surface area contributed by atoms with Gasteiger partial charge in [0.15, 0.2) is 0 Å². The first-order valence-corrected chi connectivity index (χ1v) is 12.6. The van der Waals surface area contributed by atoms with Crippen LogP contribution in [0.5, 0.6) is 0 Å². The number of carbonyl (C=O) groups excluding carboxylic acids is 2. The minimum absolute atomic E-state index is 0.140. The van der Waals surface area contributed by atoms with Gasteiger partial charge in [-0.05, 0) is 21.4 Å². The lowest BCUT2D eigenvalue weighted by molar-refractivity contribution is -0.126. The van der Waals surface area contributed by atoms with E-state index in [1.54, 1.807) is 0 Å². The van der Waals surface area contributed by atoms with Crippen LogP contribution in [0.1, 0.15) is 32.8 Å². The summed E-state index contributed by atoms with van der Waals surface area (Å²) in [6.07, 6.45) is 0.440. The molecule has 0 aromatic heterocycles.